The molecular weight excluding hydrogens is 350 g/mol. The Hall–Kier alpha value is -3.56. The number of nitro benzene ring substituents is 1. The predicted molar refractivity (Wildman–Crippen MR) is 97.5 cm³/mol. The topological polar surface area (TPSA) is 110 Å². The van der Waals surface area contributed by atoms with Gasteiger partial charge in [-0.15, -0.1) is 0 Å². The highest BCUT2D eigenvalue weighted by molar-refractivity contribution is 5.95. The van der Waals surface area contributed by atoms with Crippen molar-refractivity contribution in [2.24, 2.45) is 7.05 Å². The molecule has 10 heteroatoms. The fraction of sp³-hybridized carbons (Fsp3) is 0.294. The first kappa shape index (κ1) is 16.9. The maximum atomic E-state index is 12.7. The van der Waals surface area contributed by atoms with Gasteiger partial charge in [0.25, 0.3) is 11.6 Å². The number of hydrogen-bond donors (Lipinski definition) is 0. The Morgan fingerprint density at radius 3 is 2.70 bits per heavy atom. The molecule has 27 heavy (non-hydrogen) atoms. The Labute approximate surface area is 154 Å². The number of non-ortho nitro benzene ring substituents is 1. The number of amides is 1. The van der Waals surface area contributed by atoms with E-state index in [1.165, 1.54) is 24.5 Å². The molecule has 3 aromatic rings. The minimum absolute atomic E-state index is 0.0839. The van der Waals surface area contributed by atoms with Crippen molar-refractivity contribution in [2.45, 2.75) is 0 Å². The molecule has 0 radical (unpaired) electrons. The molecule has 1 aromatic carbocycles. The number of benzene rings is 1. The summed E-state index contributed by atoms with van der Waals surface area (Å²) in [6.45, 7) is 2.24. The van der Waals surface area contributed by atoms with Crippen molar-refractivity contribution >= 4 is 28.4 Å². The highest BCUT2D eigenvalue weighted by Gasteiger charge is 2.25. The van der Waals surface area contributed by atoms with Crippen LogP contribution < -0.4 is 4.90 Å². The van der Waals surface area contributed by atoms with Gasteiger partial charge in [-0.25, -0.2) is 9.97 Å². The number of carbonyl (C=O) groups is 1. The molecule has 4 rings (SSSR count). The molecule has 1 aliphatic rings. The maximum Gasteiger partial charge on any atom is 0.270 e. The van der Waals surface area contributed by atoms with Crippen molar-refractivity contribution in [1.29, 1.82) is 0 Å². The minimum atomic E-state index is -0.497. The van der Waals surface area contributed by atoms with E-state index in [2.05, 4.69) is 20.0 Å². The summed E-state index contributed by atoms with van der Waals surface area (Å²) in [6, 6.07) is 5.83. The van der Waals surface area contributed by atoms with E-state index in [0.717, 1.165) is 16.9 Å². The number of nitrogens with zero attached hydrogens (tertiary/aromatic N) is 7. The molecule has 1 amide bonds. The molecule has 138 valence electrons. The van der Waals surface area contributed by atoms with E-state index in [4.69, 9.17) is 0 Å². The zero-order valence-corrected chi connectivity index (χ0v) is 14.6. The lowest BCUT2D eigenvalue weighted by Crippen LogP contribution is -2.49. The van der Waals surface area contributed by atoms with Crippen LogP contribution in [0.5, 0.6) is 0 Å². The van der Waals surface area contributed by atoms with Crippen molar-refractivity contribution in [3.8, 4) is 0 Å². The monoisotopic (exact) mass is 367 g/mol. The largest absolute Gasteiger partial charge is 0.352 e. The molecular formula is C17H17N7O3. The Morgan fingerprint density at radius 2 is 1.96 bits per heavy atom. The number of fused-ring (bicyclic) bond motifs is 1. The highest BCUT2D eigenvalue weighted by Crippen LogP contribution is 2.24. The first-order valence-electron chi connectivity index (χ1n) is 8.46. The fourth-order valence-corrected chi connectivity index (χ4v) is 3.26. The normalized spacial score (nSPS) is 14.6. The lowest BCUT2D eigenvalue weighted by molar-refractivity contribution is -0.384. The summed E-state index contributed by atoms with van der Waals surface area (Å²) in [5.74, 6) is 0.600. The number of hydrogen-bond acceptors (Lipinski definition) is 7. The third-order valence-electron chi connectivity index (χ3n) is 4.68. The molecule has 0 spiro atoms. The molecule has 0 unspecified atom stereocenters. The molecule has 0 saturated carbocycles. The van der Waals surface area contributed by atoms with Gasteiger partial charge in [0, 0.05) is 50.9 Å². The highest BCUT2D eigenvalue weighted by atomic mass is 16.6. The zero-order chi connectivity index (χ0) is 19.0. The average molecular weight is 367 g/mol. The lowest BCUT2D eigenvalue weighted by atomic mass is 10.1. The smallest absolute Gasteiger partial charge is 0.270 e. The third kappa shape index (κ3) is 3.05. The van der Waals surface area contributed by atoms with Gasteiger partial charge in [-0.05, 0) is 6.07 Å². The summed E-state index contributed by atoms with van der Waals surface area (Å²) in [7, 11) is 1.83. The summed E-state index contributed by atoms with van der Waals surface area (Å²) in [5, 5.41) is 16.0. The molecule has 0 aliphatic carbocycles. The van der Waals surface area contributed by atoms with Crippen molar-refractivity contribution in [2.75, 3.05) is 31.1 Å². The van der Waals surface area contributed by atoms with E-state index in [1.54, 1.807) is 21.8 Å². The van der Waals surface area contributed by atoms with Gasteiger partial charge < -0.3 is 9.80 Å². The van der Waals surface area contributed by atoms with Gasteiger partial charge in [-0.1, -0.05) is 6.07 Å². The van der Waals surface area contributed by atoms with Crippen molar-refractivity contribution in [1.82, 2.24) is 24.6 Å². The van der Waals surface area contributed by atoms with Crippen LogP contribution in [0.15, 0.2) is 36.8 Å². The van der Waals surface area contributed by atoms with Gasteiger partial charge >= 0.3 is 0 Å². The number of rotatable bonds is 3. The van der Waals surface area contributed by atoms with Crippen LogP contribution in [0, 0.1) is 10.1 Å². The van der Waals surface area contributed by atoms with E-state index < -0.39 is 4.92 Å². The summed E-state index contributed by atoms with van der Waals surface area (Å²) in [4.78, 5) is 35.5. The number of aromatic nitrogens is 4. The zero-order valence-electron chi connectivity index (χ0n) is 14.6. The Morgan fingerprint density at radius 1 is 1.19 bits per heavy atom. The van der Waals surface area contributed by atoms with Crippen LogP contribution in [0.25, 0.3) is 11.0 Å². The standard InChI is InChI=1S/C17H17N7O3/c1-21-15-14(10-20-21)16(19-11-18-15)22-5-7-23(8-6-22)17(25)12-3-2-4-13(9-12)24(26)27/h2-4,9-11H,5-8H2,1H3. The first-order valence-corrected chi connectivity index (χ1v) is 8.46. The summed E-state index contributed by atoms with van der Waals surface area (Å²) in [5.41, 5.74) is 1.00. The number of piperazine rings is 1. The van der Waals surface area contributed by atoms with E-state index >= 15 is 0 Å². The fourth-order valence-electron chi connectivity index (χ4n) is 3.26. The second-order valence-corrected chi connectivity index (χ2v) is 6.29. The van der Waals surface area contributed by atoms with Crippen molar-refractivity contribution in [3.63, 3.8) is 0 Å². The first-order chi connectivity index (χ1) is 13.0. The number of anilines is 1. The second kappa shape index (κ2) is 6.63. The summed E-state index contributed by atoms with van der Waals surface area (Å²) < 4.78 is 1.70. The minimum Gasteiger partial charge on any atom is -0.352 e. The van der Waals surface area contributed by atoms with Gasteiger partial charge in [-0.3, -0.25) is 19.6 Å². The van der Waals surface area contributed by atoms with Crippen LogP contribution in [0.4, 0.5) is 11.5 Å². The average Bonchev–Trinajstić information content (AvgIpc) is 3.09. The van der Waals surface area contributed by atoms with Gasteiger partial charge in [0.1, 0.15) is 12.1 Å². The molecule has 0 bridgehead atoms. The van der Waals surface area contributed by atoms with Crippen LogP contribution in [0.2, 0.25) is 0 Å². The van der Waals surface area contributed by atoms with E-state index in [9.17, 15) is 14.9 Å². The van der Waals surface area contributed by atoms with Crippen LogP contribution >= 0.6 is 0 Å². The third-order valence-corrected chi connectivity index (χ3v) is 4.68. The van der Waals surface area contributed by atoms with E-state index in [-0.39, 0.29) is 11.6 Å². The van der Waals surface area contributed by atoms with E-state index in [1.807, 2.05) is 7.05 Å². The van der Waals surface area contributed by atoms with Crippen LogP contribution in [0.1, 0.15) is 10.4 Å². The molecule has 3 heterocycles. The van der Waals surface area contributed by atoms with Gasteiger partial charge in [0.15, 0.2) is 5.65 Å². The molecule has 0 N–H and O–H groups in total. The molecule has 1 saturated heterocycles. The van der Waals surface area contributed by atoms with Gasteiger partial charge in [-0.2, -0.15) is 5.10 Å². The molecule has 1 aliphatic heterocycles. The number of aryl methyl sites for hydroxylation is 1. The lowest BCUT2D eigenvalue weighted by Gasteiger charge is -2.35. The predicted octanol–water partition coefficient (Wildman–Crippen LogP) is 1.23. The number of carbonyl (C=O) groups excluding carboxylic acids is 1. The van der Waals surface area contributed by atoms with Crippen molar-refractivity contribution < 1.29 is 9.72 Å². The Balaban J connectivity index is 1.49. The van der Waals surface area contributed by atoms with Crippen LogP contribution in [0.3, 0.4) is 0 Å². The second-order valence-electron chi connectivity index (χ2n) is 6.29. The molecule has 2 aromatic heterocycles. The molecule has 10 nitrogen and oxygen atoms in total. The van der Waals surface area contributed by atoms with Gasteiger partial charge in [0.05, 0.1) is 16.5 Å². The van der Waals surface area contributed by atoms with Crippen LogP contribution in [-0.2, 0) is 7.05 Å². The van der Waals surface area contributed by atoms with Gasteiger partial charge in [0.2, 0.25) is 0 Å². The molecule has 0 atom stereocenters. The molecule has 1 fully saturated rings. The summed E-state index contributed by atoms with van der Waals surface area (Å²) >= 11 is 0. The number of nitro groups is 1. The quantitative estimate of drug-likeness (QED) is 0.506. The maximum absolute atomic E-state index is 12.7. The SMILES string of the molecule is Cn1ncc2c(N3CCN(C(=O)c4cccc([N+](=O)[O-])c4)CC3)ncnc21. The van der Waals surface area contributed by atoms with E-state index in [0.29, 0.717) is 31.7 Å². The summed E-state index contributed by atoms with van der Waals surface area (Å²) in [6.07, 6.45) is 3.26. The Bertz CT molecular complexity index is 1020. The Kier molecular flexibility index (Phi) is 4.15. The van der Waals surface area contributed by atoms with Crippen molar-refractivity contribution in [3.05, 3.63) is 52.5 Å². The van der Waals surface area contributed by atoms with Crippen LogP contribution in [-0.4, -0.2) is 61.7 Å².